The van der Waals surface area contributed by atoms with Gasteiger partial charge >= 0.3 is 0 Å². The van der Waals surface area contributed by atoms with Gasteiger partial charge in [-0.15, -0.1) is 0 Å². The number of hydrogen-bond donors (Lipinski definition) is 1. The Morgan fingerprint density at radius 2 is 1.90 bits per heavy atom. The topological polar surface area (TPSA) is 98.8 Å². The molecule has 1 aliphatic heterocycles. The van der Waals surface area contributed by atoms with E-state index >= 15 is 0 Å². The molecule has 0 aliphatic carbocycles. The average molecular weight is 405 g/mol. The van der Waals surface area contributed by atoms with Gasteiger partial charge in [-0.1, -0.05) is 12.1 Å². The molecule has 1 aliphatic rings. The second-order valence-electron chi connectivity index (χ2n) is 6.33. The third-order valence-electron chi connectivity index (χ3n) is 4.47. The summed E-state index contributed by atoms with van der Waals surface area (Å²) in [4.78, 5) is 4.21. The van der Waals surface area contributed by atoms with Crippen molar-refractivity contribution in [1.29, 1.82) is 5.26 Å². The number of methoxy groups -OCH3 is 2. The predicted octanol–water partition coefficient (Wildman–Crippen LogP) is 4.07. The van der Waals surface area contributed by atoms with Gasteiger partial charge in [0.2, 0.25) is 24.3 Å². The number of aromatic nitrogens is 1. The molecule has 0 spiro atoms. The Morgan fingerprint density at radius 1 is 1.07 bits per heavy atom. The van der Waals surface area contributed by atoms with Crippen molar-refractivity contribution in [3.8, 4) is 29.1 Å². The van der Waals surface area contributed by atoms with Crippen molar-refractivity contribution in [3.05, 3.63) is 59.1 Å². The fraction of sp³-hybridized carbons (Fsp3) is 0.182. The van der Waals surface area contributed by atoms with Crippen LogP contribution in [0, 0.1) is 11.3 Å². The number of anilines is 1. The van der Waals surface area contributed by atoms with E-state index in [4.69, 9.17) is 23.4 Å². The lowest BCUT2D eigenvalue weighted by Crippen LogP contribution is -1.99. The number of nitrogens with one attached hydrogen (secondary N) is 1. The summed E-state index contributed by atoms with van der Waals surface area (Å²) in [6, 6.07) is 13.2. The lowest BCUT2D eigenvalue weighted by atomic mass is 10.2. The highest BCUT2D eigenvalue weighted by Crippen LogP contribution is 2.33. The number of nitriles is 1. The number of ether oxygens (including phenoxy) is 4. The SMILES string of the molecule is COc1ccc(/C=C/c2nc(C#N)c(NCc3ccc4c(c3)OCO4)o2)cc1OC. The van der Waals surface area contributed by atoms with E-state index in [1.165, 1.54) is 0 Å². The zero-order valence-electron chi connectivity index (χ0n) is 16.5. The van der Waals surface area contributed by atoms with Gasteiger partial charge in [-0.05, 0) is 41.5 Å². The highest BCUT2D eigenvalue weighted by atomic mass is 16.7. The van der Waals surface area contributed by atoms with E-state index in [0.29, 0.717) is 35.6 Å². The van der Waals surface area contributed by atoms with Crippen LogP contribution >= 0.6 is 0 Å². The molecule has 152 valence electrons. The van der Waals surface area contributed by atoms with Crippen LogP contribution in [0.1, 0.15) is 22.7 Å². The third-order valence-corrected chi connectivity index (χ3v) is 4.47. The number of rotatable bonds is 7. The molecule has 2 heterocycles. The monoisotopic (exact) mass is 405 g/mol. The number of hydrogen-bond acceptors (Lipinski definition) is 8. The smallest absolute Gasteiger partial charge is 0.232 e. The fourth-order valence-electron chi connectivity index (χ4n) is 2.96. The molecular formula is C22H19N3O5. The number of fused-ring (bicyclic) bond motifs is 1. The third kappa shape index (κ3) is 4.00. The first-order chi connectivity index (χ1) is 14.7. The molecule has 0 atom stereocenters. The Bertz CT molecular complexity index is 1130. The Balaban J connectivity index is 1.47. The van der Waals surface area contributed by atoms with Gasteiger partial charge in [0.15, 0.2) is 23.0 Å². The highest BCUT2D eigenvalue weighted by Gasteiger charge is 2.15. The summed E-state index contributed by atoms with van der Waals surface area (Å²) >= 11 is 0. The van der Waals surface area contributed by atoms with Crippen LogP contribution in [0.3, 0.4) is 0 Å². The molecule has 1 aromatic heterocycles. The van der Waals surface area contributed by atoms with Crippen molar-refractivity contribution in [2.24, 2.45) is 0 Å². The normalized spacial score (nSPS) is 12.0. The molecule has 0 bridgehead atoms. The van der Waals surface area contributed by atoms with Crippen LogP contribution in [0.5, 0.6) is 23.0 Å². The maximum absolute atomic E-state index is 9.36. The lowest BCUT2D eigenvalue weighted by molar-refractivity contribution is 0.174. The fourth-order valence-corrected chi connectivity index (χ4v) is 2.96. The van der Waals surface area contributed by atoms with Gasteiger partial charge in [0.05, 0.1) is 14.2 Å². The quantitative estimate of drug-likeness (QED) is 0.628. The summed E-state index contributed by atoms with van der Waals surface area (Å²) in [5.74, 6) is 3.31. The van der Waals surface area contributed by atoms with Crippen LogP contribution in [-0.2, 0) is 6.54 Å². The van der Waals surface area contributed by atoms with E-state index in [1.54, 1.807) is 20.3 Å². The van der Waals surface area contributed by atoms with Gasteiger partial charge in [-0.3, -0.25) is 0 Å². The van der Waals surface area contributed by atoms with Crippen molar-refractivity contribution in [2.45, 2.75) is 6.54 Å². The largest absolute Gasteiger partial charge is 0.493 e. The molecular weight excluding hydrogens is 386 g/mol. The zero-order chi connectivity index (χ0) is 20.9. The predicted molar refractivity (Wildman–Crippen MR) is 110 cm³/mol. The van der Waals surface area contributed by atoms with Gasteiger partial charge in [-0.2, -0.15) is 10.2 Å². The standard InChI is InChI=1S/C22H19N3O5/c1-26-17-6-3-14(9-19(17)27-2)5-8-21-25-16(11-23)22(30-21)24-12-15-4-7-18-20(10-15)29-13-28-18/h3-10,24H,12-13H2,1-2H3/b8-5+. The first-order valence-electron chi connectivity index (χ1n) is 9.13. The van der Waals surface area contributed by atoms with Gasteiger partial charge < -0.3 is 28.7 Å². The molecule has 0 fully saturated rings. The summed E-state index contributed by atoms with van der Waals surface area (Å²) in [6.45, 7) is 0.669. The van der Waals surface area contributed by atoms with E-state index < -0.39 is 0 Å². The van der Waals surface area contributed by atoms with Crippen molar-refractivity contribution in [3.63, 3.8) is 0 Å². The molecule has 4 rings (SSSR count). The maximum Gasteiger partial charge on any atom is 0.232 e. The molecule has 0 saturated carbocycles. The number of nitrogens with zero attached hydrogens (tertiary/aromatic N) is 2. The Kier molecular flexibility index (Phi) is 5.44. The molecule has 2 aromatic carbocycles. The van der Waals surface area contributed by atoms with Crippen LogP contribution in [-0.4, -0.2) is 26.0 Å². The van der Waals surface area contributed by atoms with E-state index in [-0.39, 0.29) is 12.5 Å². The van der Waals surface area contributed by atoms with Crippen LogP contribution in [0.15, 0.2) is 40.8 Å². The first-order valence-corrected chi connectivity index (χ1v) is 9.13. The van der Waals surface area contributed by atoms with Crippen LogP contribution in [0.2, 0.25) is 0 Å². The van der Waals surface area contributed by atoms with E-state index in [0.717, 1.165) is 16.9 Å². The summed E-state index contributed by atoms with van der Waals surface area (Å²) in [5.41, 5.74) is 2.02. The second kappa shape index (κ2) is 8.49. The number of benzene rings is 2. The molecule has 0 amide bonds. The molecule has 0 radical (unpaired) electrons. The van der Waals surface area contributed by atoms with Gasteiger partial charge in [0, 0.05) is 12.6 Å². The summed E-state index contributed by atoms with van der Waals surface area (Å²) < 4.78 is 26.9. The van der Waals surface area contributed by atoms with E-state index in [2.05, 4.69) is 10.3 Å². The van der Waals surface area contributed by atoms with Crippen molar-refractivity contribution >= 4 is 18.0 Å². The molecule has 8 heteroatoms. The van der Waals surface area contributed by atoms with E-state index in [9.17, 15) is 5.26 Å². The van der Waals surface area contributed by atoms with Gasteiger partial charge in [0.25, 0.3) is 0 Å². The summed E-state index contributed by atoms with van der Waals surface area (Å²) in [7, 11) is 3.17. The molecule has 1 N–H and O–H groups in total. The Labute approximate surface area is 173 Å². The minimum Gasteiger partial charge on any atom is -0.493 e. The summed E-state index contributed by atoms with van der Waals surface area (Å²) in [6.07, 6.45) is 3.50. The lowest BCUT2D eigenvalue weighted by Gasteiger charge is -2.07. The van der Waals surface area contributed by atoms with Gasteiger partial charge in [-0.25, -0.2) is 0 Å². The highest BCUT2D eigenvalue weighted by molar-refractivity contribution is 5.69. The minimum atomic E-state index is 0.183. The molecule has 30 heavy (non-hydrogen) atoms. The molecule has 0 saturated heterocycles. The first kappa shape index (κ1) is 19.2. The summed E-state index contributed by atoms with van der Waals surface area (Å²) in [5, 5.41) is 12.5. The average Bonchev–Trinajstić information content (AvgIpc) is 3.41. The number of oxazole rings is 1. The van der Waals surface area contributed by atoms with Crippen LogP contribution in [0.4, 0.5) is 5.88 Å². The molecule has 0 unspecified atom stereocenters. The van der Waals surface area contributed by atoms with Crippen molar-refractivity contribution in [2.75, 3.05) is 26.3 Å². The zero-order valence-corrected chi connectivity index (χ0v) is 16.5. The molecule has 8 nitrogen and oxygen atoms in total. The Hall–Kier alpha value is -4.12. The molecule has 3 aromatic rings. The van der Waals surface area contributed by atoms with E-state index in [1.807, 2.05) is 48.5 Å². The van der Waals surface area contributed by atoms with Crippen molar-refractivity contribution < 1.29 is 23.4 Å². The van der Waals surface area contributed by atoms with Crippen molar-refractivity contribution in [1.82, 2.24) is 4.98 Å². The maximum atomic E-state index is 9.36. The minimum absolute atomic E-state index is 0.183. The second-order valence-corrected chi connectivity index (χ2v) is 6.33. The van der Waals surface area contributed by atoms with Crippen LogP contribution in [0.25, 0.3) is 12.2 Å². The van der Waals surface area contributed by atoms with Gasteiger partial charge in [0.1, 0.15) is 6.07 Å². The Morgan fingerprint density at radius 3 is 2.70 bits per heavy atom. The van der Waals surface area contributed by atoms with Crippen LogP contribution < -0.4 is 24.3 Å².